The minimum atomic E-state index is -0.478. The predicted octanol–water partition coefficient (Wildman–Crippen LogP) is 5.17. The number of rotatable bonds is 6. The van der Waals surface area contributed by atoms with Gasteiger partial charge in [0.15, 0.2) is 0 Å². The highest BCUT2D eigenvalue weighted by atomic mass is 32.2. The van der Waals surface area contributed by atoms with Gasteiger partial charge < -0.3 is 10.6 Å². The second-order valence-corrected chi connectivity index (χ2v) is 7.47. The van der Waals surface area contributed by atoms with Crippen molar-refractivity contribution >= 4 is 39.9 Å². The first-order chi connectivity index (χ1) is 14.7. The van der Waals surface area contributed by atoms with Gasteiger partial charge in [0.25, 0.3) is 5.91 Å². The molecular weight excluding hydrogens is 394 g/mol. The van der Waals surface area contributed by atoms with Crippen LogP contribution in [0.2, 0.25) is 0 Å². The Bertz CT molecular complexity index is 1260. The summed E-state index contributed by atoms with van der Waals surface area (Å²) in [5.74, 6) is -0.478. The quantitative estimate of drug-likeness (QED) is 0.300. The lowest BCUT2D eigenvalue weighted by Gasteiger charge is -2.10. The summed E-state index contributed by atoms with van der Waals surface area (Å²) in [6.45, 7) is 0. The Morgan fingerprint density at radius 3 is 2.70 bits per heavy atom. The zero-order chi connectivity index (χ0) is 20.8. The van der Waals surface area contributed by atoms with Crippen molar-refractivity contribution in [2.24, 2.45) is 0 Å². The van der Waals surface area contributed by atoms with Crippen molar-refractivity contribution in [3.63, 3.8) is 0 Å². The van der Waals surface area contributed by atoms with Crippen molar-refractivity contribution in [2.75, 3.05) is 10.6 Å². The van der Waals surface area contributed by atoms with Crippen molar-refractivity contribution in [2.45, 2.75) is 9.79 Å². The molecular formula is C23H17N5OS. The molecule has 0 saturated heterocycles. The maximum Gasteiger partial charge on any atom is 0.267 e. The first-order valence-corrected chi connectivity index (χ1v) is 9.98. The van der Waals surface area contributed by atoms with Crippen LogP contribution in [0.3, 0.4) is 0 Å². The fraction of sp³-hybridized carbons (Fsp3) is 0. The van der Waals surface area contributed by atoms with Crippen molar-refractivity contribution in [1.29, 1.82) is 5.26 Å². The molecule has 146 valence electrons. The van der Waals surface area contributed by atoms with Crippen LogP contribution in [-0.4, -0.2) is 16.1 Å². The van der Waals surface area contributed by atoms with Gasteiger partial charge in [0.2, 0.25) is 0 Å². The van der Waals surface area contributed by atoms with Gasteiger partial charge in [0, 0.05) is 27.1 Å². The normalized spacial score (nSPS) is 11.1. The van der Waals surface area contributed by atoms with Gasteiger partial charge in [0.05, 0.1) is 17.4 Å². The summed E-state index contributed by atoms with van der Waals surface area (Å²) in [6.07, 6.45) is 3.13. The van der Waals surface area contributed by atoms with Gasteiger partial charge in [-0.3, -0.25) is 9.89 Å². The van der Waals surface area contributed by atoms with Gasteiger partial charge in [-0.25, -0.2) is 0 Å². The van der Waals surface area contributed by atoms with E-state index < -0.39 is 5.91 Å². The minimum absolute atomic E-state index is 0.0285. The number of aromatic nitrogens is 2. The highest BCUT2D eigenvalue weighted by molar-refractivity contribution is 7.99. The van der Waals surface area contributed by atoms with Crippen LogP contribution < -0.4 is 10.6 Å². The number of fused-ring (bicyclic) bond motifs is 1. The summed E-state index contributed by atoms with van der Waals surface area (Å²) in [5, 5.41) is 23.1. The number of aromatic amines is 1. The Morgan fingerprint density at radius 2 is 1.87 bits per heavy atom. The first kappa shape index (κ1) is 19.3. The number of carbonyl (C=O) groups excluding carboxylic acids is 1. The lowest BCUT2D eigenvalue weighted by molar-refractivity contribution is -0.112. The molecule has 1 aromatic heterocycles. The third-order valence-corrected chi connectivity index (χ3v) is 5.38. The molecule has 30 heavy (non-hydrogen) atoms. The Morgan fingerprint density at radius 1 is 1.07 bits per heavy atom. The van der Waals surface area contributed by atoms with Crippen LogP contribution in [0.15, 0.2) is 101 Å². The van der Waals surface area contributed by atoms with Gasteiger partial charge in [-0.05, 0) is 42.5 Å². The second kappa shape index (κ2) is 8.99. The minimum Gasteiger partial charge on any atom is -0.360 e. The van der Waals surface area contributed by atoms with Gasteiger partial charge in [-0.15, -0.1) is 0 Å². The fourth-order valence-electron chi connectivity index (χ4n) is 2.79. The number of nitrogens with one attached hydrogen (secondary N) is 3. The second-order valence-electron chi connectivity index (χ2n) is 6.35. The molecule has 0 aliphatic carbocycles. The predicted molar refractivity (Wildman–Crippen MR) is 119 cm³/mol. The van der Waals surface area contributed by atoms with Gasteiger partial charge >= 0.3 is 0 Å². The summed E-state index contributed by atoms with van der Waals surface area (Å²) in [4.78, 5) is 14.6. The van der Waals surface area contributed by atoms with Crippen LogP contribution in [0.5, 0.6) is 0 Å². The number of nitriles is 1. The molecule has 6 nitrogen and oxygen atoms in total. The molecule has 0 aliphatic heterocycles. The number of hydrogen-bond donors (Lipinski definition) is 3. The Kier molecular flexibility index (Phi) is 5.78. The van der Waals surface area contributed by atoms with Crippen LogP contribution >= 0.6 is 11.8 Å². The maximum atomic E-state index is 12.7. The lowest BCUT2D eigenvalue weighted by atomic mass is 10.2. The molecule has 0 aliphatic rings. The smallest absolute Gasteiger partial charge is 0.267 e. The van der Waals surface area contributed by atoms with E-state index in [0.29, 0.717) is 5.69 Å². The van der Waals surface area contributed by atoms with Crippen LogP contribution in [0.4, 0.5) is 11.4 Å². The number of para-hydroxylation sites is 1. The molecule has 0 unspecified atom stereocenters. The van der Waals surface area contributed by atoms with E-state index in [1.54, 1.807) is 18.0 Å². The average Bonchev–Trinajstić information content (AvgIpc) is 3.24. The van der Waals surface area contributed by atoms with Crippen LogP contribution in [-0.2, 0) is 4.79 Å². The summed E-state index contributed by atoms with van der Waals surface area (Å²) in [7, 11) is 0. The number of H-pyrrole nitrogens is 1. The summed E-state index contributed by atoms with van der Waals surface area (Å²) in [6, 6.07) is 25.0. The SMILES string of the molecule is N#C/C(=C/Nc1ccc2cn[nH]c2c1)C(=O)Nc1ccccc1Sc1ccccc1. The van der Waals surface area contributed by atoms with E-state index in [9.17, 15) is 10.1 Å². The first-order valence-electron chi connectivity index (χ1n) is 9.16. The molecule has 4 rings (SSSR count). The van der Waals surface area contributed by atoms with Crippen molar-refractivity contribution in [3.05, 3.63) is 90.8 Å². The number of nitrogens with zero attached hydrogens (tertiary/aromatic N) is 2. The summed E-state index contributed by atoms with van der Waals surface area (Å²) >= 11 is 1.55. The molecule has 0 saturated carbocycles. The topological polar surface area (TPSA) is 93.6 Å². The summed E-state index contributed by atoms with van der Waals surface area (Å²) in [5.41, 5.74) is 2.23. The zero-order valence-electron chi connectivity index (χ0n) is 15.8. The number of amides is 1. The Labute approximate surface area is 177 Å². The largest absolute Gasteiger partial charge is 0.360 e. The highest BCUT2D eigenvalue weighted by Crippen LogP contribution is 2.33. The molecule has 1 amide bonds. The molecule has 0 fully saturated rings. The van der Waals surface area contributed by atoms with E-state index in [4.69, 9.17) is 0 Å². The number of benzene rings is 3. The molecule has 0 atom stereocenters. The van der Waals surface area contributed by atoms with Crippen LogP contribution in [0.25, 0.3) is 10.9 Å². The Balaban J connectivity index is 1.49. The molecule has 3 aromatic carbocycles. The van der Waals surface area contributed by atoms with E-state index in [0.717, 1.165) is 26.4 Å². The van der Waals surface area contributed by atoms with Crippen molar-refractivity contribution < 1.29 is 4.79 Å². The van der Waals surface area contributed by atoms with Gasteiger partial charge in [-0.2, -0.15) is 10.4 Å². The molecule has 0 bridgehead atoms. The van der Waals surface area contributed by atoms with E-state index in [1.165, 1.54) is 6.20 Å². The van der Waals surface area contributed by atoms with E-state index in [1.807, 2.05) is 78.9 Å². The molecule has 3 N–H and O–H groups in total. The molecule has 1 heterocycles. The van der Waals surface area contributed by atoms with Crippen molar-refractivity contribution in [3.8, 4) is 6.07 Å². The Hall–Kier alpha value is -4.02. The third kappa shape index (κ3) is 4.51. The van der Waals surface area contributed by atoms with Gasteiger partial charge in [-0.1, -0.05) is 42.1 Å². The molecule has 0 radical (unpaired) electrons. The fourth-order valence-corrected chi connectivity index (χ4v) is 3.72. The standard InChI is InChI=1S/C23H17N5OS/c24-13-17(14-25-18-11-10-16-15-26-28-21(16)12-18)23(29)27-20-8-4-5-9-22(20)30-19-6-2-1-3-7-19/h1-12,14-15,25H,(H,26,28)(H,27,29)/b17-14-. The molecule has 4 aromatic rings. The van der Waals surface area contributed by atoms with E-state index >= 15 is 0 Å². The lowest BCUT2D eigenvalue weighted by Crippen LogP contribution is -2.15. The van der Waals surface area contributed by atoms with Crippen molar-refractivity contribution in [1.82, 2.24) is 10.2 Å². The monoisotopic (exact) mass is 411 g/mol. The molecule has 0 spiro atoms. The third-order valence-electron chi connectivity index (χ3n) is 4.30. The average molecular weight is 411 g/mol. The number of carbonyl (C=O) groups is 1. The maximum absolute atomic E-state index is 12.7. The van der Waals surface area contributed by atoms with Crippen LogP contribution in [0, 0.1) is 11.3 Å². The number of hydrogen-bond acceptors (Lipinski definition) is 5. The highest BCUT2D eigenvalue weighted by Gasteiger charge is 2.12. The summed E-state index contributed by atoms with van der Waals surface area (Å²) < 4.78 is 0. The van der Waals surface area contributed by atoms with E-state index in [2.05, 4.69) is 20.8 Å². The van der Waals surface area contributed by atoms with Crippen LogP contribution in [0.1, 0.15) is 0 Å². The van der Waals surface area contributed by atoms with Gasteiger partial charge in [0.1, 0.15) is 11.6 Å². The number of anilines is 2. The molecule has 7 heteroatoms. The van der Waals surface area contributed by atoms with E-state index in [-0.39, 0.29) is 5.57 Å². The zero-order valence-corrected chi connectivity index (χ0v) is 16.6.